The molecule has 0 radical (unpaired) electrons. The average molecular weight is 223 g/mol. The largest absolute Gasteiger partial charge is 0.0696 e. The Bertz CT molecular complexity index is 289. The summed E-state index contributed by atoms with van der Waals surface area (Å²) in [6, 6.07) is 8.47. The normalized spacial score (nSPS) is 15.6. The maximum Gasteiger partial charge on any atom is 0.0175 e. The number of halogens is 1. The fraction of sp³-hybridized carbons (Fsp3) is 0.273. The fourth-order valence-electron chi connectivity index (χ4n) is 1.32. The quantitative estimate of drug-likeness (QED) is 0.674. The van der Waals surface area contributed by atoms with Crippen LogP contribution in [0.5, 0.6) is 0 Å². The Morgan fingerprint density at radius 1 is 1.08 bits per heavy atom. The van der Waals surface area contributed by atoms with Gasteiger partial charge < -0.3 is 0 Å². The topological polar surface area (TPSA) is 0 Å². The summed E-state index contributed by atoms with van der Waals surface area (Å²) in [5.41, 5.74) is 2.92. The predicted octanol–water partition coefficient (Wildman–Crippen LogP) is 4.02. The SMILES string of the molecule is Brc1ccc(C=C2CCC2)cc1. The number of hydrogen-bond acceptors (Lipinski definition) is 0. The minimum atomic E-state index is 1.15. The van der Waals surface area contributed by atoms with Gasteiger partial charge in [0.25, 0.3) is 0 Å². The number of benzene rings is 1. The van der Waals surface area contributed by atoms with Crippen molar-refractivity contribution >= 4 is 22.0 Å². The van der Waals surface area contributed by atoms with Gasteiger partial charge >= 0.3 is 0 Å². The molecule has 0 saturated heterocycles. The van der Waals surface area contributed by atoms with E-state index < -0.39 is 0 Å². The van der Waals surface area contributed by atoms with Gasteiger partial charge in [-0.2, -0.15) is 0 Å². The van der Waals surface area contributed by atoms with Crippen LogP contribution >= 0.6 is 15.9 Å². The van der Waals surface area contributed by atoms with Crippen LogP contribution < -0.4 is 0 Å². The third-order valence-corrected chi connectivity index (χ3v) is 2.77. The maximum absolute atomic E-state index is 3.42. The highest BCUT2D eigenvalue weighted by atomic mass is 79.9. The van der Waals surface area contributed by atoms with E-state index in [1.54, 1.807) is 5.57 Å². The van der Waals surface area contributed by atoms with Crippen LogP contribution in [0, 0.1) is 0 Å². The van der Waals surface area contributed by atoms with Crippen LogP contribution in [0.25, 0.3) is 6.08 Å². The molecule has 0 nitrogen and oxygen atoms in total. The van der Waals surface area contributed by atoms with Crippen molar-refractivity contribution in [3.05, 3.63) is 39.9 Å². The van der Waals surface area contributed by atoms with Crippen LogP contribution in [0.4, 0.5) is 0 Å². The third kappa shape index (κ3) is 1.78. The summed E-state index contributed by atoms with van der Waals surface area (Å²) in [5, 5.41) is 0. The van der Waals surface area contributed by atoms with Gasteiger partial charge in [-0.05, 0) is 37.0 Å². The van der Waals surface area contributed by atoms with E-state index in [4.69, 9.17) is 0 Å². The molecule has 1 heteroatoms. The molecule has 1 aromatic rings. The van der Waals surface area contributed by atoms with Crippen molar-refractivity contribution in [2.24, 2.45) is 0 Å². The Kier molecular flexibility index (Phi) is 2.31. The van der Waals surface area contributed by atoms with Crippen LogP contribution in [-0.2, 0) is 0 Å². The molecule has 0 unspecified atom stereocenters. The second kappa shape index (κ2) is 3.44. The Balaban J connectivity index is 2.18. The van der Waals surface area contributed by atoms with Crippen molar-refractivity contribution < 1.29 is 0 Å². The molecule has 0 amide bonds. The molecular formula is C11H11Br. The summed E-state index contributed by atoms with van der Waals surface area (Å²) in [7, 11) is 0. The van der Waals surface area contributed by atoms with E-state index in [0.29, 0.717) is 0 Å². The highest BCUT2D eigenvalue weighted by Gasteiger charge is 2.07. The van der Waals surface area contributed by atoms with E-state index in [-0.39, 0.29) is 0 Å². The summed E-state index contributed by atoms with van der Waals surface area (Å²) in [5.74, 6) is 0. The first-order valence-corrected chi connectivity index (χ1v) is 5.09. The Labute approximate surface area is 81.4 Å². The fourth-order valence-corrected chi connectivity index (χ4v) is 1.58. The standard InChI is InChI=1S/C11H11Br/c12-11-6-4-10(5-7-11)8-9-2-1-3-9/h4-8H,1-3H2. The second-order valence-electron chi connectivity index (χ2n) is 3.21. The first kappa shape index (κ1) is 8.06. The molecule has 2 rings (SSSR count). The predicted molar refractivity (Wildman–Crippen MR) is 56.0 cm³/mol. The molecule has 0 aromatic heterocycles. The number of hydrogen-bond donors (Lipinski definition) is 0. The number of rotatable bonds is 1. The van der Waals surface area contributed by atoms with Crippen LogP contribution in [0.1, 0.15) is 24.8 Å². The zero-order valence-electron chi connectivity index (χ0n) is 6.89. The third-order valence-electron chi connectivity index (χ3n) is 2.24. The molecular weight excluding hydrogens is 212 g/mol. The van der Waals surface area contributed by atoms with Crippen molar-refractivity contribution in [2.45, 2.75) is 19.3 Å². The molecule has 1 aliphatic rings. The Morgan fingerprint density at radius 2 is 1.75 bits per heavy atom. The molecule has 1 aromatic carbocycles. The summed E-state index contributed by atoms with van der Waals surface area (Å²) < 4.78 is 1.15. The van der Waals surface area contributed by atoms with E-state index in [2.05, 4.69) is 46.3 Å². The lowest BCUT2D eigenvalue weighted by molar-refractivity contribution is 0.670. The molecule has 0 N–H and O–H groups in total. The zero-order chi connectivity index (χ0) is 8.39. The summed E-state index contributed by atoms with van der Waals surface area (Å²) in [6.07, 6.45) is 6.28. The maximum atomic E-state index is 3.42. The lowest BCUT2D eigenvalue weighted by Gasteiger charge is -2.15. The molecule has 1 saturated carbocycles. The summed E-state index contributed by atoms with van der Waals surface area (Å²) in [6.45, 7) is 0. The van der Waals surface area contributed by atoms with Gasteiger partial charge in [0, 0.05) is 4.47 Å². The van der Waals surface area contributed by atoms with Crippen molar-refractivity contribution in [3.63, 3.8) is 0 Å². The smallest absolute Gasteiger partial charge is 0.0175 e. The van der Waals surface area contributed by atoms with E-state index in [9.17, 15) is 0 Å². The molecule has 0 spiro atoms. The minimum Gasteiger partial charge on any atom is -0.0696 e. The van der Waals surface area contributed by atoms with Crippen molar-refractivity contribution in [1.29, 1.82) is 0 Å². The highest BCUT2D eigenvalue weighted by molar-refractivity contribution is 9.10. The van der Waals surface area contributed by atoms with Crippen LogP contribution in [-0.4, -0.2) is 0 Å². The highest BCUT2D eigenvalue weighted by Crippen LogP contribution is 2.27. The van der Waals surface area contributed by atoms with Gasteiger partial charge in [0.1, 0.15) is 0 Å². The van der Waals surface area contributed by atoms with Gasteiger partial charge in [0.2, 0.25) is 0 Å². The molecule has 0 atom stereocenters. The average Bonchev–Trinajstić information content (AvgIpc) is 2.00. The van der Waals surface area contributed by atoms with Gasteiger partial charge in [0.15, 0.2) is 0 Å². The van der Waals surface area contributed by atoms with E-state index in [0.717, 1.165) is 4.47 Å². The van der Waals surface area contributed by atoms with Crippen molar-refractivity contribution in [3.8, 4) is 0 Å². The summed E-state index contributed by atoms with van der Waals surface area (Å²) >= 11 is 3.42. The molecule has 1 aliphatic carbocycles. The van der Waals surface area contributed by atoms with Gasteiger partial charge in [-0.25, -0.2) is 0 Å². The monoisotopic (exact) mass is 222 g/mol. The molecule has 62 valence electrons. The first-order chi connectivity index (χ1) is 5.84. The molecule has 0 bridgehead atoms. The lowest BCUT2D eigenvalue weighted by atomic mass is 9.91. The molecule has 0 heterocycles. The van der Waals surface area contributed by atoms with E-state index in [1.165, 1.54) is 24.8 Å². The van der Waals surface area contributed by atoms with Crippen LogP contribution in [0.15, 0.2) is 34.3 Å². The molecule has 0 aliphatic heterocycles. The van der Waals surface area contributed by atoms with Gasteiger partial charge in [-0.15, -0.1) is 0 Å². The number of allylic oxidation sites excluding steroid dienone is 1. The molecule has 1 fully saturated rings. The second-order valence-corrected chi connectivity index (χ2v) is 4.12. The summed E-state index contributed by atoms with van der Waals surface area (Å²) in [4.78, 5) is 0. The first-order valence-electron chi connectivity index (χ1n) is 4.29. The van der Waals surface area contributed by atoms with Crippen molar-refractivity contribution in [1.82, 2.24) is 0 Å². The molecule has 12 heavy (non-hydrogen) atoms. The Morgan fingerprint density at radius 3 is 2.25 bits per heavy atom. The van der Waals surface area contributed by atoms with Gasteiger partial charge in [0.05, 0.1) is 0 Å². The van der Waals surface area contributed by atoms with Gasteiger partial charge in [-0.1, -0.05) is 39.7 Å². The van der Waals surface area contributed by atoms with Crippen LogP contribution in [0.3, 0.4) is 0 Å². The van der Waals surface area contributed by atoms with Gasteiger partial charge in [-0.3, -0.25) is 0 Å². The van der Waals surface area contributed by atoms with E-state index >= 15 is 0 Å². The van der Waals surface area contributed by atoms with Crippen LogP contribution in [0.2, 0.25) is 0 Å². The minimum absolute atomic E-state index is 1.15. The zero-order valence-corrected chi connectivity index (χ0v) is 8.47. The Hall–Kier alpha value is -0.560. The van der Waals surface area contributed by atoms with Crippen molar-refractivity contribution in [2.75, 3.05) is 0 Å². The lowest BCUT2D eigenvalue weighted by Crippen LogP contribution is -1.95. The van der Waals surface area contributed by atoms with E-state index in [1.807, 2.05) is 0 Å².